The molecule has 0 aromatic heterocycles. The molecule has 3 fully saturated rings. The second-order valence-electron chi connectivity index (χ2n) is 15.4. The Morgan fingerprint density at radius 2 is 1.77 bits per heavy atom. The standard InChI is InChI=1S/C35H63N3O9/c1-13-26-35(9)29(37-33(42)47-35)23(7)36-18-20(4)17-34(8,43-12)30(21(5)27(39)22(6)31(41)45-26)46-32-28(40)25(38(10)11)16-24(44-32)15-14-19(2)3/h19-26,28-30,32,36,40H,13-18H2,1-12H3,(H,37,42)/t20-,21+,22?,23-,24-,25+,26-,28-,29-,30-,32+,34-,35-/m1/s1. The number of cyclic esters (lactones) is 1. The van der Waals surface area contributed by atoms with Gasteiger partial charge in [0.05, 0.1) is 23.9 Å². The van der Waals surface area contributed by atoms with E-state index in [2.05, 4.69) is 31.4 Å². The van der Waals surface area contributed by atoms with Crippen molar-refractivity contribution >= 4 is 17.8 Å². The number of hydrogen-bond acceptors (Lipinski definition) is 11. The molecule has 272 valence electrons. The zero-order chi connectivity index (χ0) is 35.4. The van der Waals surface area contributed by atoms with Crippen LogP contribution in [0, 0.1) is 23.7 Å². The summed E-state index contributed by atoms with van der Waals surface area (Å²) >= 11 is 0. The first kappa shape index (κ1) is 39.6. The lowest BCUT2D eigenvalue weighted by atomic mass is 9.78. The second kappa shape index (κ2) is 16.3. The molecule has 13 atom stereocenters. The largest absolute Gasteiger partial charge is 0.458 e. The van der Waals surface area contributed by atoms with Crippen molar-refractivity contribution < 1.29 is 43.2 Å². The first-order chi connectivity index (χ1) is 21.9. The maximum atomic E-state index is 14.2. The summed E-state index contributed by atoms with van der Waals surface area (Å²) in [6.07, 6.45) is -1.02. The fourth-order valence-corrected chi connectivity index (χ4v) is 7.73. The zero-order valence-electron chi connectivity index (χ0n) is 30.8. The summed E-state index contributed by atoms with van der Waals surface area (Å²) in [5, 5.41) is 18.0. The molecule has 12 nitrogen and oxygen atoms in total. The average molecular weight is 670 g/mol. The number of hydrogen-bond donors (Lipinski definition) is 3. The third-order valence-electron chi connectivity index (χ3n) is 10.8. The number of methoxy groups -OCH3 is 1. The molecule has 1 unspecified atom stereocenters. The van der Waals surface area contributed by atoms with E-state index in [4.69, 9.17) is 23.7 Å². The molecule has 0 aromatic carbocycles. The minimum Gasteiger partial charge on any atom is -0.458 e. The van der Waals surface area contributed by atoms with Crippen LogP contribution in [0.25, 0.3) is 0 Å². The fourth-order valence-electron chi connectivity index (χ4n) is 7.73. The average Bonchev–Trinajstić information content (AvgIpc) is 3.33. The minimum absolute atomic E-state index is 0.0352. The smallest absolute Gasteiger partial charge is 0.408 e. The summed E-state index contributed by atoms with van der Waals surface area (Å²) in [7, 11) is 5.46. The van der Waals surface area contributed by atoms with Gasteiger partial charge in [-0.05, 0) is 92.3 Å². The highest BCUT2D eigenvalue weighted by molar-refractivity contribution is 6.00. The summed E-state index contributed by atoms with van der Waals surface area (Å²) < 4.78 is 31.1. The number of aliphatic hydroxyl groups excluding tert-OH is 1. The number of aliphatic hydroxyl groups is 1. The van der Waals surface area contributed by atoms with E-state index < -0.39 is 65.7 Å². The Bertz CT molecular complexity index is 1070. The monoisotopic (exact) mass is 669 g/mol. The van der Waals surface area contributed by atoms with Gasteiger partial charge in [-0.2, -0.15) is 0 Å². The minimum atomic E-state index is -1.15. The van der Waals surface area contributed by atoms with E-state index in [-0.39, 0.29) is 29.9 Å². The highest BCUT2D eigenvalue weighted by Gasteiger charge is 2.55. The van der Waals surface area contributed by atoms with Gasteiger partial charge in [0.1, 0.15) is 18.1 Å². The SMILES string of the molecule is CC[C@H]1OC(=O)C(C)C(=O)[C@H](C)[C@@H](O[C@@H]2O[C@H](CCC(C)C)C[C@H](N(C)C)[C@H]2O)[C@](C)(OC)C[C@@H](C)CN[C@H](C)[C@H]2NC(=O)O[C@@]21C. The normalized spacial score (nSPS) is 42.7. The van der Waals surface area contributed by atoms with E-state index in [0.717, 1.165) is 12.8 Å². The number of Topliss-reactive ketones (excluding diaryl/α,β-unsaturated/α-hetero) is 1. The molecule has 0 saturated carbocycles. The Morgan fingerprint density at radius 1 is 1.11 bits per heavy atom. The van der Waals surface area contributed by atoms with Crippen molar-refractivity contribution in [3.63, 3.8) is 0 Å². The number of fused-ring (bicyclic) bond motifs is 1. The molecule has 3 heterocycles. The van der Waals surface area contributed by atoms with Crippen molar-refractivity contribution in [2.45, 2.75) is 154 Å². The van der Waals surface area contributed by atoms with Crippen LogP contribution in [-0.2, 0) is 33.3 Å². The van der Waals surface area contributed by atoms with Gasteiger partial charge in [-0.3, -0.25) is 9.59 Å². The van der Waals surface area contributed by atoms with Crippen molar-refractivity contribution in [3.05, 3.63) is 0 Å². The lowest BCUT2D eigenvalue weighted by Crippen LogP contribution is -2.60. The van der Waals surface area contributed by atoms with Crippen molar-refractivity contribution in [1.29, 1.82) is 0 Å². The number of likely N-dealkylation sites (N-methyl/N-ethyl adjacent to an activating group) is 1. The van der Waals surface area contributed by atoms with Crippen LogP contribution in [0.2, 0.25) is 0 Å². The molecule has 0 spiro atoms. The summed E-state index contributed by atoms with van der Waals surface area (Å²) in [6, 6.07) is -0.929. The van der Waals surface area contributed by atoms with Crippen LogP contribution in [0.1, 0.15) is 94.4 Å². The molecule has 0 bridgehead atoms. The molecule has 1 amide bonds. The van der Waals surface area contributed by atoms with Crippen LogP contribution < -0.4 is 10.6 Å². The van der Waals surface area contributed by atoms with Crippen molar-refractivity contribution in [3.8, 4) is 0 Å². The summed E-state index contributed by atoms with van der Waals surface area (Å²) in [6.45, 7) is 17.8. The number of amides is 1. The molecule has 0 aliphatic carbocycles. The molecule has 3 rings (SSSR count). The number of esters is 1. The van der Waals surface area contributed by atoms with Gasteiger partial charge >= 0.3 is 12.1 Å². The molecular formula is C35H63N3O9. The number of ketones is 1. The molecule has 12 heteroatoms. The van der Waals surface area contributed by atoms with Gasteiger partial charge in [0.15, 0.2) is 17.7 Å². The van der Waals surface area contributed by atoms with E-state index in [1.165, 1.54) is 6.92 Å². The number of alkyl carbamates (subject to hydrolysis) is 1. The fraction of sp³-hybridized carbons (Fsp3) is 0.914. The summed E-state index contributed by atoms with van der Waals surface area (Å²) in [5.74, 6) is -2.51. The first-order valence-electron chi connectivity index (χ1n) is 17.6. The molecule has 47 heavy (non-hydrogen) atoms. The molecule has 3 saturated heterocycles. The van der Waals surface area contributed by atoms with Gasteiger partial charge < -0.3 is 44.3 Å². The predicted molar refractivity (Wildman–Crippen MR) is 178 cm³/mol. The quantitative estimate of drug-likeness (QED) is 0.257. The van der Waals surface area contributed by atoms with Crippen LogP contribution in [0.5, 0.6) is 0 Å². The maximum Gasteiger partial charge on any atom is 0.408 e. The molecule has 3 aliphatic rings. The highest BCUT2D eigenvalue weighted by atomic mass is 16.7. The zero-order valence-corrected chi connectivity index (χ0v) is 30.8. The molecule has 0 aromatic rings. The number of carbonyl (C=O) groups excluding carboxylic acids is 3. The predicted octanol–water partition coefficient (Wildman–Crippen LogP) is 3.67. The summed E-state index contributed by atoms with van der Waals surface area (Å²) in [5.41, 5.74) is -2.15. The van der Waals surface area contributed by atoms with Crippen molar-refractivity contribution in [2.75, 3.05) is 27.7 Å². The van der Waals surface area contributed by atoms with Crippen LogP contribution >= 0.6 is 0 Å². The number of rotatable bonds is 8. The lowest BCUT2D eigenvalue weighted by molar-refractivity contribution is -0.298. The van der Waals surface area contributed by atoms with Gasteiger partial charge in [0.2, 0.25) is 0 Å². The molecule has 3 aliphatic heterocycles. The van der Waals surface area contributed by atoms with Gasteiger partial charge in [0, 0.05) is 25.1 Å². The topological polar surface area (TPSA) is 145 Å². The van der Waals surface area contributed by atoms with Gasteiger partial charge in [-0.25, -0.2) is 4.79 Å². The highest BCUT2D eigenvalue weighted by Crippen LogP contribution is 2.38. The maximum absolute atomic E-state index is 14.2. The third-order valence-corrected chi connectivity index (χ3v) is 10.8. The van der Waals surface area contributed by atoms with Crippen LogP contribution in [0.4, 0.5) is 4.79 Å². The third kappa shape index (κ3) is 9.05. The van der Waals surface area contributed by atoms with Crippen LogP contribution in [-0.4, -0.2) is 116 Å². The Balaban J connectivity index is 2.02. The van der Waals surface area contributed by atoms with Crippen molar-refractivity contribution in [1.82, 2.24) is 15.5 Å². The molecule has 0 radical (unpaired) electrons. The molecular weight excluding hydrogens is 606 g/mol. The van der Waals surface area contributed by atoms with Gasteiger partial charge in [-0.1, -0.05) is 34.6 Å². The van der Waals surface area contributed by atoms with Gasteiger partial charge in [-0.15, -0.1) is 0 Å². The molecule has 3 N–H and O–H groups in total. The van der Waals surface area contributed by atoms with E-state index >= 15 is 0 Å². The Hall–Kier alpha value is -1.83. The number of nitrogens with zero attached hydrogens (tertiary/aromatic N) is 1. The number of nitrogens with one attached hydrogen (secondary N) is 2. The van der Waals surface area contributed by atoms with Crippen molar-refractivity contribution in [2.24, 2.45) is 23.7 Å². The van der Waals surface area contributed by atoms with E-state index in [1.54, 1.807) is 21.0 Å². The second-order valence-corrected chi connectivity index (χ2v) is 15.4. The Morgan fingerprint density at radius 3 is 2.34 bits per heavy atom. The van der Waals surface area contributed by atoms with Crippen LogP contribution in [0.15, 0.2) is 0 Å². The number of carbonyl (C=O) groups is 3. The first-order valence-corrected chi connectivity index (χ1v) is 17.6. The Labute approximate surface area is 282 Å². The van der Waals surface area contributed by atoms with Crippen LogP contribution in [0.3, 0.4) is 0 Å². The Kier molecular flexibility index (Phi) is 13.7. The lowest BCUT2D eigenvalue weighted by Gasteiger charge is -2.47. The van der Waals surface area contributed by atoms with E-state index in [1.807, 2.05) is 39.8 Å². The van der Waals surface area contributed by atoms with E-state index in [9.17, 15) is 19.5 Å². The van der Waals surface area contributed by atoms with E-state index in [0.29, 0.717) is 31.7 Å². The summed E-state index contributed by atoms with van der Waals surface area (Å²) in [4.78, 5) is 42.3. The van der Waals surface area contributed by atoms with Gasteiger partial charge in [0.25, 0.3) is 0 Å². The number of ether oxygens (including phenoxy) is 5.